The van der Waals surface area contributed by atoms with Crippen LogP contribution in [0.1, 0.15) is 0 Å². The normalized spacial score (nSPS) is 8.94. The molecule has 0 unspecified atom stereocenters. The number of nitrogen functional groups attached to an aromatic ring is 1. The van der Waals surface area contributed by atoms with Crippen molar-refractivity contribution >= 4 is 65.4 Å². The quantitative estimate of drug-likeness (QED) is 0.234. The predicted molar refractivity (Wildman–Crippen MR) is 72.6 cm³/mol. The molecule has 1 aromatic carbocycles. The number of rotatable bonds is 1. The van der Waals surface area contributed by atoms with Crippen LogP contribution < -0.4 is 11.3 Å². The molecule has 0 aromatic heterocycles. The van der Waals surface area contributed by atoms with Gasteiger partial charge in [-0.1, -0.05) is 0 Å². The molecule has 0 amide bonds. The summed E-state index contributed by atoms with van der Waals surface area (Å²) in [6.45, 7) is 0. The lowest BCUT2D eigenvalue weighted by Gasteiger charge is -2.05. The number of carboxylic acid groups (broad SMARTS) is 2. The molecular weight excluding hydrogens is 428 g/mol. The highest BCUT2D eigenvalue weighted by molar-refractivity contribution is 9.14. The summed E-state index contributed by atoms with van der Waals surface area (Å²) in [6.07, 6.45) is 0. The number of hydrogen-bond donors (Lipinski definition) is 4. The van der Waals surface area contributed by atoms with Crippen LogP contribution in [0, 0.1) is 0 Å². The van der Waals surface area contributed by atoms with E-state index in [1.54, 1.807) is 0 Å². The van der Waals surface area contributed by atoms with E-state index in [4.69, 9.17) is 25.6 Å². The molecule has 0 heterocycles. The Hall–Kier alpha value is -0.640. The first-order valence-electron chi connectivity index (χ1n) is 3.87. The van der Waals surface area contributed by atoms with Gasteiger partial charge in [0.25, 0.3) is 0 Å². The van der Waals surface area contributed by atoms with Crippen molar-refractivity contribution in [3.05, 3.63) is 25.6 Å². The van der Waals surface area contributed by atoms with Gasteiger partial charge in [-0.3, -0.25) is 5.84 Å². The maximum Gasteiger partial charge on any atom is 0.414 e. The smallest absolute Gasteiger partial charge is 0.414 e. The lowest BCUT2D eigenvalue weighted by atomic mass is 10.3. The first-order chi connectivity index (χ1) is 7.81. The Morgan fingerprint density at radius 2 is 1.53 bits per heavy atom. The van der Waals surface area contributed by atoms with Gasteiger partial charge in [0, 0.05) is 8.95 Å². The van der Waals surface area contributed by atoms with Crippen molar-refractivity contribution in [3.8, 4) is 0 Å². The molecule has 94 valence electrons. The second kappa shape index (κ2) is 7.64. The summed E-state index contributed by atoms with van der Waals surface area (Å²) >= 11 is 10.1. The van der Waals surface area contributed by atoms with E-state index >= 15 is 0 Å². The van der Waals surface area contributed by atoms with Gasteiger partial charge in [0.15, 0.2) is 0 Å². The van der Waals surface area contributed by atoms with Crippen LogP contribution in [0.2, 0.25) is 0 Å². The van der Waals surface area contributed by atoms with Crippen LogP contribution in [0.5, 0.6) is 0 Å². The van der Waals surface area contributed by atoms with Crippen LogP contribution in [0.25, 0.3) is 0 Å². The molecule has 0 saturated heterocycles. The van der Waals surface area contributed by atoms with Crippen LogP contribution in [-0.4, -0.2) is 22.2 Å². The summed E-state index contributed by atoms with van der Waals surface area (Å²) in [4.78, 5) is 18.2. The molecule has 6 nitrogen and oxygen atoms in total. The average Bonchev–Trinajstić information content (AvgIpc) is 2.27. The molecule has 0 bridgehead atoms. The lowest BCUT2D eigenvalue weighted by molar-refractivity contribution is -0.159. The van der Waals surface area contributed by atoms with Gasteiger partial charge in [-0.25, -0.2) is 9.59 Å². The third kappa shape index (κ3) is 5.48. The molecule has 1 aromatic rings. The highest BCUT2D eigenvalue weighted by atomic mass is 79.9. The van der Waals surface area contributed by atoms with Crippen molar-refractivity contribution in [3.63, 3.8) is 0 Å². The molecule has 5 N–H and O–H groups in total. The number of hydrogen-bond acceptors (Lipinski definition) is 4. The molecular formula is C8H7Br3N2O4. The van der Waals surface area contributed by atoms with E-state index in [1.165, 1.54) is 0 Å². The van der Waals surface area contributed by atoms with Gasteiger partial charge >= 0.3 is 11.9 Å². The minimum Gasteiger partial charge on any atom is -0.473 e. The number of nitrogens with two attached hydrogens (primary N) is 1. The van der Waals surface area contributed by atoms with Crippen molar-refractivity contribution in [2.75, 3.05) is 5.43 Å². The van der Waals surface area contributed by atoms with Crippen molar-refractivity contribution in [2.24, 2.45) is 5.84 Å². The Labute approximate surface area is 122 Å². The summed E-state index contributed by atoms with van der Waals surface area (Å²) < 4.78 is 2.85. The van der Waals surface area contributed by atoms with Crippen LogP contribution in [0.15, 0.2) is 25.6 Å². The van der Waals surface area contributed by atoms with Gasteiger partial charge in [-0.05, 0) is 59.9 Å². The molecule has 9 heteroatoms. The molecule has 0 aliphatic carbocycles. The fraction of sp³-hybridized carbons (Fsp3) is 0. The average molecular weight is 435 g/mol. The van der Waals surface area contributed by atoms with Crippen molar-refractivity contribution in [1.29, 1.82) is 0 Å². The number of halogens is 3. The zero-order chi connectivity index (χ0) is 13.6. The number of carbonyl (C=O) groups is 2. The van der Waals surface area contributed by atoms with E-state index in [9.17, 15) is 0 Å². The lowest BCUT2D eigenvalue weighted by Crippen LogP contribution is -2.09. The van der Waals surface area contributed by atoms with E-state index in [1.807, 2.05) is 12.1 Å². The van der Waals surface area contributed by atoms with Crippen LogP contribution in [0.3, 0.4) is 0 Å². The number of nitrogens with one attached hydrogen (secondary N) is 1. The third-order valence-electron chi connectivity index (χ3n) is 1.37. The molecule has 0 aliphatic rings. The molecule has 17 heavy (non-hydrogen) atoms. The van der Waals surface area contributed by atoms with Gasteiger partial charge in [0.2, 0.25) is 0 Å². The van der Waals surface area contributed by atoms with E-state index in [0.29, 0.717) is 0 Å². The van der Waals surface area contributed by atoms with E-state index < -0.39 is 11.9 Å². The topological polar surface area (TPSA) is 113 Å². The highest BCUT2D eigenvalue weighted by Crippen LogP contribution is 2.35. The van der Waals surface area contributed by atoms with Gasteiger partial charge in [0.05, 0.1) is 10.2 Å². The number of aliphatic carboxylic acids is 2. The number of anilines is 1. The highest BCUT2D eigenvalue weighted by Gasteiger charge is 2.05. The van der Waals surface area contributed by atoms with Crippen LogP contribution >= 0.6 is 47.8 Å². The van der Waals surface area contributed by atoms with E-state index in [-0.39, 0.29) is 0 Å². The monoisotopic (exact) mass is 432 g/mol. The maximum absolute atomic E-state index is 9.10. The zero-order valence-corrected chi connectivity index (χ0v) is 12.8. The fourth-order valence-electron chi connectivity index (χ4n) is 0.637. The largest absolute Gasteiger partial charge is 0.473 e. The van der Waals surface area contributed by atoms with Gasteiger partial charge < -0.3 is 15.6 Å². The minimum atomic E-state index is -1.82. The standard InChI is InChI=1S/C6H5Br3N2.C2H2O4/c7-3-1-2-4(11-10)6(9)5(3)8;3-1(4)2(5)6/h1-2,11H,10H2;(H,3,4)(H,5,6). The van der Waals surface area contributed by atoms with Crippen molar-refractivity contribution in [1.82, 2.24) is 0 Å². The second-order valence-electron chi connectivity index (χ2n) is 2.48. The van der Waals surface area contributed by atoms with Crippen molar-refractivity contribution < 1.29 is 19.8 Å². The van der Waals surface area contributed by atoms with Gasteiger partial charge in [-0.2, -0.15) is 0 Å². The Balaban J connectivity index is 0.000000366. The summed E-state index contributed by atoms with van der Waals surface area (Å²) in [5, 5.41) is 14.8. The molecule has 0 atom stereocenters. The summed E-state index contributed by atoms with van der Waals surface area (Å²) in [6, 6.07) is 3.78. The Morgan fingerprint density at radius 1 is 1.06 bits per heavy atom. The molecule has 0 fully saturated rings. The Kier molecular flexibility index (Phi) is 7.35. The first kappa shape index (κ1) is 16.4. The molecule has 0 aliphatic heterocycles. The van der Waals surface area contributed by atoms with Gasteiger partial charge in [-0.15, -0.1) is 0 Å². The number of hydrazine groups is 1. The molecule has 1 rings (SSSR count). The summed E-state index contributed by atoms with van der Waals surface area (Å²) in [5.41, 5.74) is 3.41. The Bertz CT molecular complexity index is 427. The van der Waals surface area contributed by atoms with Crippen LogP contribution in [-0.2, 0) is 9.59 Å². The third-order valence-corrected chi connectivity index (χ3v) is 4.75. The minimum absolute atomic E-state index is 0.847. The van der Waals surface area contributed by atoms with Crippen LogP contribution in [0.4, 0.5) is 5.69 Å². The summed E-state index contributed by atoms with van der Waals surface area (Å²) in [7, 11) is 0. The second-order valence-corrected chi connectivity index (χ2v) is 4.92. The SMILES string of the molecule is NNc1ccc(Br)c(Br)c1Br.O=C(O)C(=O)O. The molecule has 0 saturated carbocycles. The maximum atomic E-state index is 9.10. The molecule has 0 radical (unpaired) electrons. The Morgan fingerprint density at radius 3 is 1.88 bits per heavy atom. The van der Waals surface area contributed by atoms with E-state index in [2.05, 4.69) is 53.2 Å². The number of benzene rings is 1. The molecule has 0 spiro atoms. The van der Waals surface area contributed by atoms with E-state index in [0.717, 1.165) is 19.1 Å². The summed E-state index contributed by atoms with van der Waals surface area (Å²) in [5.74, 6) is 1.61. The van der Waals surface area contributed by atoms with Gasteiger partial charge in [0.1, 0.15) is 0 Å². The predicted octanol–water partition coefficient (Wildman–Crippen LogP) is 2.42. The zero-order valence-electron chi connectivity index (χ0n) is 8.08. The first-order valence-corrected chi connectivity index (χ1v) is 6.25. The number of carboxylic acids is 2. The fourth-order valence-corrected chi connectivity index (χ4v) is 2.04. The van der Waals surface area contributed by atoms with Crippen molar-refractivity contribution in [2.45, 2.75) is 0 Å².